The molecule has 1 aromatic rings. The quantitative estimate of drug-likeness (QED) is 0.674. The predicted octanol–water partition coefficient (Wildman–Crippen LogP) is 2.14. The Kier molecular flexibility index (Phi) is 2.01. The first-order chi connectivity index (χ1) is 6.21. The zero-order valence-electron chi connectivity index (χ0n) is 7.21. The Morgan fingerprint density at radius 1 is 1.31 bits per heavy atom. The van der Waals surface area contributed by atoms with Crippen molar-refractivity contribution < 1.29 is 8.87 Å². The van der Waals surface area contributed by atoms with Crippen LogP contribution < -0.4 is 0 Å². The Bertz CT molecular complexity index is 291. The van der Waals surface area contributed by atoms with Crippen LogP contribution >= 0.6 is 0 Å². The van der Waals surface area contributed by atoms with Gasteiger partial charge < -0.3 is 0 Å². The molecule has 0 bridgehead atoms. The van der Waals surface area contributed by atoms with E-state index < -0.39 is 5.67 Å². The molecule has 2 rings (SSSR count). The van der Waals surface area contributed by atoms with E-state index in [9.17, 15) is 8.87 Å². The monoisotopic (exact) mass is 187 g/mol. The highest BCUT2D eigenvalue weighted by molar-refractivity contribution is 5.07. The van der Waals surface area contributed by atoms with Crippen LogP contribution in [0.3, 0.4) is 0 Å². The van der Waals surface area contributed by atoms with Crippen molar-refractivity contribution in [2.24, 2.45) is 0 Å². The number of hydrogen-bond acceptors (Lipinski definition) is 2. The highest BCUT2D eigenvalue weighted by atomic mass is 19.2. The summed E-state index contributed by atoms with van der Waals surface area (Å²) in [7, 11) is 0. The molecule has 0 radical (unpaired) electrons. The van der Waals surface area contributed by atoms with Gasteiger partial charge in [0.05, 0.1) is 6.20 Å². The van der Waals surface area contributed by atoms with Gasteiger partial charge in [-0.05, 0) is 30.9 Å². The maximum Gasteiger partial charge on any atom is 0.156 e. The van der Waals surface area contributed by atoms with E-state index in [2.05, 4.69) is 10.3 Å². The van der Waals surface area contributed by atoms with Crippen LogP contribution in [0.1, 0.15) is 37.8 Å². The van der Waals surface area contributed by atoms with Gasteiger partial charge in [0.1, 0.15) is 5.69 Å². The second kappa shape index (κ2) is 3.05. The van der Waals surface area contributed by atoms with Gasteiger partial charge in [0.15, 0.2) is 5.67 Å². The number of aromatic nitrogens is 3. The number of rotatable bonds is 1. The summed E-state index contributed by atoms with van der Waals surface area (Å²) in [6.07, 6.45) is 4.63. The minimum Gasteiger partial charge on any atom is -0.237 e. The normalized spacial score (nSPS) is 21.7. The molecule has 0 spiro atoms. The topological polar surface area (TPSA) is 30.7 Å². The molecule has 0 amide bonds. The summed E-state index contributed by atoms with van der Waals surface area (Å²) in [5.74, 6) is 0. The van der Waals surface area contributed by atoms with Crippen molar-refractivity contribution in [3.63, 3.8) is 0 Å². The van der Waals surface area contributed by atoms with E-state index in [1.54, 1.807) is 0 Å². The second-order valence-corrected chi connectivity index (χ2v) is 3.52. The summed E-state index contributed by atoms with van der Waals surface area (Å²) in [6, 6.07) is 0. The largest absolute Gasteiger partial charge is 0.237 e. The molecule has 1 aromatic heterocycles. The van der Waals surface area contributed by atoms with E-state index in [0.717, 1.165) is 25.5 Å². The summed E-state index contributed by atoms with van der Waals surface area (Å²) in [5.41, 5.74) is -1.31. The lowest BCUT2D eigenvalue weighted by molar-refractivity contribution is 0.100. The molecule has 72 valence electrons. The molecule has 0 atom stereocenters. The van der Waals surface area contributed by atoms with Gasteiger partial charge >= 0.3 is 0 Å². The van der Waals surface area contributed by atoms with Gasteiger partial charge in [0.25, 0.3) is 0 Å². The van der Waals surface area contributed by atoms with Crippen LogP contribution in [0.25, 0.3) is 0 Å². The van der Waals surface area contributed by atoms with E-state index >= 15 is 0 Å². The van der Waals surface area contributed by atoms with E-state index in [0.29, 0.717) is 12.8 Å². The zero-order valence-corrected chi connectivity index (χ0v) is 7.21. The van der Waals surface area contributed by atoms with Crippen LogP contribution in [0.5, 0.6) is 0 Å². The zero-order chi connectivity index (χ0) is 9.31. The molecule has 1 aliphatic carbocycles. The highest BCUT2D eigenvalue weighted by Crippen LogP contribution is 2.39. The lowest BCUT2D eigenvalue weighted by Gasteiger charge is -2.26. The molecule has 1 heterocycles. The van der Waals surface area contributed by atoms with Gasteiger partial charge in [0.2, 0.25) is 0 Å². The fourth-order valence-corrected chi connectivity index (χ4v) is 1.82. The Balaban J connectivity index is 2.22. The number of nitrogens with zero attached hydrogens (tertiary/aromatic N) is 3. The van der Waals surface area contributed by atoms with Gasteiger partial charge in [-0.3, -0.25) is 0 Å². The third-order valence-corrected chi connectivity index (χ3v) is 2.57. The molecule has 0 N–H and O–H groups in total. The summed E-state index contributed by atoms with van der Waals surface area (Å²) < 4.78 is 26.5. The summed E-state index contributed by atoms with van der Waals surface area (Å²) in [6.45, 7) is 0. The minimum absolute atomic E-state index is 0.0608. The fourth-order valence-electron chi connectivity index (χ4n) is 1.82. The Hall–Kier alpha value is -1.00. The van der Waals surface area contributed by atoms with Crippen LogP contribution in [-0.4, -0.2) is 15.2 Å². The van der Waals surface area contributed by atoms with Crippen molar-refractivity contribution in [2.45, 2.75) is 37.8 Å². The van der Waals surface area contributed by atoms with Gasteiger partial charge in [-0.2, -0.15) is 0 Å². The average molecular weight is 187 g/mol. The van der Waals surface area contributed by atoms with Gasteiger partial charge in [-0.25, -0.2) is 4.39 Å². The number of hydrogen-bond donors (Lipinski definition) is 0. The van der Waals surface area contributed by atoms with Crippen LogP contribution in [0, 0.1) is 0 Å². The molecule has 3 nitrogen and oxygen atoms in total. The smallest absolute Gasteiger partial charge is 0.156 e. The molecule has 0 saturated heterocycles. The molecule has 0 aliphatic heterocycles. The predicted molar refractivity (Wildman–Crippen MR) is 42.4 cm³/mol. The maximum absolute atomic E-state index is 14.0. The number of halogens is 2. The molecular formula is C8H11F2N3. The number of alkyl halides is 1. The van der Waals surface area contributed by atoms with Gasteiger partial charge in [-0.1, -0.05) is 15.8 Å². The maximum atomic E-state index is 14.0. The first-order valence-corrected chi connectivity index (χ1v) is 4.49. The van der Waals surface area contributed by atoms with E-state index in [4.69, 9.17) is 0 Å². The minimum atomic E-state index is -1.44. The van der Waals surface area contributed by atoms with E-state index in [1.165, 1.54) is 0 Å². The van der Waals surface area contributed by atoms with Gasteiger partial charge in [0, 0.05) is 0 Å². The van der Waals surface area contributed by atoms with Crippen molar-refractivity contribution in [1.82, 2.24) is 15.2 Å². The standard InChI is InChI=1S/C8H11F2N3/c9-8(4-2-1-3-5-8)7-6-13(10)12-11-7/h6H,1-5H2. The first kappa shape index (κ1) is 8.59. The fraction of sp³-hybridized carbons (Fsp3) is 0.750. The van der Waals surface area contributed by atoms with Crippen LogP contribution in [0.15, 0.2) is 6.20 Å². The van der Waals surface area contributed by atoms with E-state index in [1.807, 2.05) is 0 Å². The van der Waals surface area contributed by atoms with Gasteiger partial charge in [-0.15, -0.1) is 5.10 Å². The highest BCUT2D eigenvalue weighted by Gasteiger charge is 2.36. The molecule has 1 aliphatic rings. The lowest BCUT2D eigenvalue weighted by atomic mass is 9.84. The van der Waals surface area contributed by atoms with Crippen LogP contribution in [-0.2, 0) is 5.67 Å². The third kappa shape index (κ3) is 1.55. The molecule has 1 fully saturated rings. The molecular weight excluding hydrogens is 176 g/mol. The third-order valence-electron chi connectivity index (χ3n) is 2.57. The Morgan fingerprint density at radius 3 is 2.54 bits per heavy atom. The Morgan fingerprint density at radius 2 is 2.00 bits per heavy atom. The Labute approximate surface area is 74.7 Å². The summed E-state index contributed by atoms with van der Waals surface area (Å²) in [5, 5.41) is 6.57. The molecule has 5 heteroatoms. The molecule has 0 unspecified atom stereocenters. The molecule has 1 saturated carbocycles. The van der Waals surface area contributed by atoms with Crippen molar-refractivity contribution in [3.05, 3.63) is 11.9 Å². The van der Waals surface area contributed by atoms with Crippen molar-refractivity contribution in [3.8, 4) is 0 Å². The second-order valence-electron chi connectivity index (χ2n) is 3.52. The summed E-state index contributed by atoms with van der Waals surface area (Å²) in [4.78, 5) is 0.0608. The van der Waals surface area contributed by atoms with Crippen LogP contribution in [0.4, 0.5) is 8.87 Å². The van der Waals surface area contributed by atoms with Crippen molar-refractivity contribution >= 4 is 0 Å². The van der Waals surface area contributed by atoms with Crippen molar-refractivity contribution in [2.75, 3.05) is 0 Å². The first-order valence-electron chi connectivity index (χ1n) is 4.49. The lowest BCUT2D eigenvalue weighted by Crippen LogP contribution is -2.23. The van der Waals surface area contributed by atoms with Crippen molar-refractivity contribution in [1.29, 1.82) is 0 Å². The summed E-state index contributed by atoms with van der Waals surface area (Å²) >= 11 is 0. The van der Waals surface area contributed by atoms with Crippen LogP contribution in [0.2, 0.25) is 0 Å². The molecule has 0 aromatic carbocycles. The SMILES string of the molecule is Fn1cc(C2(F)CCCCC2)nn1. The van der Waals surface area contributed by atoms with E-state index in [-0.39, 0.29) is 10.6 Å². The average Bonchev–Trinajstić information content (AvgIpc) is 2.54. The molecule has 13 heavy (non-hydrogen) atoms.